The Morgan fingerprint density at radius 3 is 2.80 bits per heavy atom. The van der Waals surface area contributed by atoms with Gasteiger partial charge in [0.25, 0.3) is 0 Å². The zero-order valence-corrected chi connectivity index (χ0v) is 15.8. The molecule has 1 fully saturated rings. The van der Waals surface area contributed by atoms with Crippen LogP contribution in [0.5, 0.6) is 0 Å². The number of aryl methyl sites for hydroxylation is 2. The van der Waals surface area contributed by atoms with Gasteiger partial charge in [0, 0.05) is 23.5 Å². The summed E-state index contributed by atoms with van der Waals surface area (Å²) in [6.45, 7) is 2.40. The predicted molar refractivity (Wildman–Crippen MR) is 103 cm³/mol. The molecule has 25 heavy (non-hydrogen) atoms. The second kappa shape index (κ2) is 7.58. The summed E-state index contributed by atoms with van der Waals surface area (Å²) in [5.41, 5.74) is 2.25. The van der Waals surface area contributed by atoms with E-state index in [-0.39, 0.29) is 11.7 Å². The molecule has 5 nitrogen and oxygen atoms in total. The first-order chi connectivity index (χ1) is 12.0. The molecule has 1 aliphatic heterocycles. The Bertz CT molecular complexity index is 845. The fourth-order valence-corrected chi connectivity index (χ4v) is 5.40. The molecule has 0 bridgehead atoms. The molecule has 1 N–H and O–H groups in total. The molecule has 7 heteroatoms. The minimum absolute atomic E-state index is 0.0360. The number of carbonyl (C=O) groups is 1. The van der Waals surface area contributed by atoms with E-state index in [9.17, 15) is 13.2 Å². The Hall–Kier alpha value is -1.86. The minimum Gasteiger partial charge on any atom is -0.326 e. The second-order valence-corrected chi connectivity index (χ2v) is 9.27. The lowest BCUT2D eigenvalue weighted by molar-refractivity contribution is -0.116. The van der Waals surface area contributed by atoms with E-state index in [4.69, 9.17) is 0 Å². The van der Waals surface area contributed by atoms with Crippen LogP contribution in [0.25, 0.3) is 0 Å². The monoisotopic (exact) mass is 378 g/mol. The van der Waals surface area contributed by atoms with E-state index in [0.29, 0.717) is 24.3 Å². The molecule has 3 rings (SSSR count). The van der Waals surface area contributed by atoms with E-state index in [0.717, 1.165) is 24.8 Å². The second-order valence-electron chi connectivity index (χ2n) is 6.22. The van der Waals surface area contributed by atoms with Gasteiger partial charge in [0.1, 0.15) is 0 Å². The van der Waals surface area contributed by atoms with Gasteiger partial charge in [-0.25, -0.2) is 8.42 Å². The van der Waals surface area contributed by atoms with Gasteiger partial charge in [-0.15, -0.1) is 11.3 Å². The smallest absolute Gasteiger partial charge is 0.235 e. The van der Waals surface area contributed by atoms with Crippen molar-refractivity contribution in [3.05, 3.63) is 46.2 Å². The Morgan fingerprint density at radius 1 is 1.28 bits per heavy atom. The van der Waals surface area contributed by atoms with Crippen molar-refractivity contribution in [2.45, 2.75) is 32.6 Å². The highest BCUT2D eigenvalue weighted by Gasteiger charge is 2.27. The Kier molecular flexibility index (Phi) is 5.44. The molecular formula is C18H22N2O3S2. The van der Waals surface area contributed by atoms with Crippen LogP contribution >= 0.6 is 11.3 Å². The molecular weight excluding hydrogens is 356 g/mol. The number of nitrogens with zero attached hydrogens (tertiary/aromatic N) is 1. The van der Waals surface area contributed by atoms with Gasteiger partial charge >= 0.3 is 0 Å². The molecule has 0 spiro atoms. The number of carbonyl (C=O) groups excluding carboxylic acids is 1. The predicted octanol–water partition coefficient (Wildman–Crippen LogP) is 3.56. The molecule has 0 unspecified atom stereocenters. The van der Waals surface area contributed by atoms with Crippen molar-refractivity contribution in [1.82, 2.24) is 0 Å². The number of sulfonamides is 1. The number of hydrogen-bond acceptors (Lipinski definition) is 4. The zero-order valence-electron chi connectivity index (χ0n) is 14.2. The van der Waals surface area contributed by atoms with E-state index in [1.807, 2.05) is 30.5 Å². The van der Waals surface area contributed by atoms with Crippen LogP contribution in [0, 0.1) is 6.92 Å². The summed E-state index contributed by atoms with van der Waals surface area (Å²) < 4.78 is 26.0. The number of rotatable bonds is 5. The van der Waals surface area contributed by atoms with Crippen LogP contribution in [0.3, 0.4) is 0 Å². The fourth-order valence-electron chi connectivity index (χ4n) is 2.99. The molecule has 0 aliphatic carbocycles. The topological polar surface area (TPSA) is 66.5 Å². The summed E-state index contributed by atoms with van der Waals surface area (Å²) in [6, 6.07) is 9.40. The average molecular weight is 379 g/mol. The molecule has 0 atom stereocenters. The third-order valence-electron chi connectivity index (χ3n) is 4.28. The van der Waals surface area contributed by atoms with Crippen molar-refractivity contribution in [3.8, 4) is 0 Å². The summed E-state index contributed by atoms with van der Waals surface area (Å²) >= 11 is 1.65. The molecule has 134 valence electrons. The number of hydrogen-bond donors (Lipinski definition) is 1. The lowest BCUT2D eigenvalue weighted by Gasteiger charge is -2.29. The van der Waals surface area contributed by atoms with Crippen LogP contribution in [-0.2, 0) is 21.2 Å². The third-order valence-corrected chi connectivity index (χ3v) is 7.07. The minimum atomic E-state index is -3.22. The maximum Gasteiger partial charge on any atom is 0.235 e. The number of thiophene rings is 1. The van der Waals surface area contributed by atoms with E-state index in [2.05, 4.69) is 5.32 Å². The number of benzene rings is 1. The van der Waals surface area contributed by atoms with E-state index < -0.39 is 10.0 Å². The summed E-state index contributed by atoms with van der Waals surface area (Å²) in [5, 5.41) is 4.90. The van der Waals surface area contributed by atoms with Crippen LogP contribution < -0.4 is 9.62 Å². The summed E-state index contributed by atoms with van der Waals surface area (Å²) in [6.07, 6.45) is 2.75. The van der Waals surface area contributed by atoms with Gasteiger partial charge in [-0.1, -0.05) is 6.07 Å². The normalized spacial score (nSPS) is 16.6. The van der Waals surface area contributed by atoms with Crippen LogP contribution in [0.15, 0.2) is 35.7 Å². The van der Waals surface area contributed by atoms with Crippen molar-refractivity contribution < 1.29 is 13.2 Å². The van der Waals surface area contributed by atoms with E-state index >= 15 is 0 Å². The van der Waals surface area contributed by atoms with Crippen molar-refractivity contribution in [2.75, 3.05) is 21.9 Å². The van der Waals surface area contributed by atoms with Gasteiger partial charge in [0.15, 0.2) is 0 Å². The maximum atomic E-state index is 12.3. The average Bonchev–Trinajstić information content (AvgIpc) is 3.07. The molecule has 1 saturated heterocycles. The zero-order chi connectivity index (χ0) is 17.9. The first-order valence-electron chi connectivity index (χ1n) is 8.39. The van der Waals surface area contributed by atoms with Gasteiger partial charge in [0.2, 0.25) is 15.9 Å². The van der Waals surface area contributed by atoms with Crippen LogP contribution in [0.4, 0.5) is 11.4 Å². The summed E-state index contributed by atoms with van der Waals surface area (Å²) in [4.78, 5) is 13.3. The SMILES string of the molecule is Cc1cc(NC(=O)CCc2cccs2)ccc1N1CCCCS1(=O)=O. The lowest BCUT2D eigenvalue weighted by Crippen LogP contribution is -2.38. The Labute approximate surface area is 152 Å². The standard InChI is InChI=1S/C18H22N2O3S2/c1-14-13-15(19-18(21)9-7-16-5-4-11-24-16)6-8-17(14)20-10-2-3-12-25(20,22)23/h4-6,8,11,13H,2-3,7,9-10,12H2,1H3,(H,19,21). The largest absolute Gasteiger partial charge is 0.326 e. The van der Waals surface area contributed by atoms with Crippen molar-refractivity contribution >= 4 is 38.6 Å². The van der Waals surface area contributed by atoms with Crippen molar-refractivity contribution in [1.29, 1.82) is 0 Å². The van der Waals surface area contributed by atoms with E-state index in [1.165, 1.54) is 9.18 Å². The highest BCUT2D eigenvalue weighted by molar-refractivity contribution is 7.92. The molecule has 0 radical (unpaired) electrons. The van der Waals surface area contributed by atoms with Crippen molar-refractivity contribution in [3.63, 3.8) is 0 Å². The van der Waals surface area contributed by atoms with Gasteiger partial charge in [-0.05, 0) is 61.4 Å². The molecule has 2 aromatic rings. The maximum absolute atomic E-state index is 12.3. The fraction of sp³-hybridized carbons (Fsp3) is 0.389. The van der Waals surface area contributed by atoms with Gasteiger partial charge in [-0.3, -0.25) is 9.10 Å². The molecule has 2 heterocycles. The molecule has 1 aliphatic rings. The first kappa shape index (κ1) is 17.9. The number of nitrogens with one attached hydrogen (secondary N) is 1. The first-order valence-corrected chi connectivity index (χ1v) is 10.9. The number of amides is 1. The van der Waals surface area contributed by atoms with E-state index in [1.54, 1.807) is 23.5 Å². The van der Waals surface area contributed by atoms with Crippen LogP contribution in [0.1, 0.15) is 29.7 Å². The molecule has 0 saturated carbocycles. The van der Waals surface area contributed by atoms with Crippen molar-refractivity contribution in [2.24, 2.45) is 0 Å². The van der Waals surface area contributed by atoms with Crippen LogP contribution in [0.2, 0.25) is 0 Å². The van der Waals surface area contributed by atoms with Gasteiger partial charge < -0.3 is 5.32 Å². The molecule has 1 aromatic heterocycles. The Balaban J connectivity index is 1.66. The highest BCUT2D eigenvalue weighted by atomic mass is 32.2. The Morgan fingerprint density at radius 2 is 2.12 bits per heavy atom. The summed E-state index contributed by atoms with van der Waals surface area (Å²) in [5.74, 6) is 0.166. The summed E-state index contributed by atoms with van der Waals surface area (Å²) in [7, 11) is -3.22. The quantitative estimate of drug-likeness (QED) is 0.865. The number of anilines is 2. The van der Waals surface area contributed by atoms with Crippen LogP contribution in [-0.4, -0.2) is 26.6 Å². The lowest BCUT2D eigenvalue weighted by atomic mass is 10.1. The van der Waals surface area contributed by atoms with Gasteiger partial charge in [-0.2, -0.15) is 0 Å². The third kappa shape index (κ3) is 4.41. The molecule has 1 amide bonds. The van der Waals surface area contributed by atoms with Gasteiger partial charge in [0.05, 0.1) is 11.4 Å². The highest BCUT2D eigenvalue weighted by Crippen LogP contribution is 2.29. The molecule has 1 aromatic carbocycles.